The maximum atomic E-state index is 14.1. The highest BCUT2D eigenvalue weighted by Gasteiger charge is 2.38. The third kappa shape index (κ3) is 11.6. The Morgan fingerprint density at radius 2 is 0.988 bits per heavy atom. The van der Waals surface area contributed by atoms with Crippen molar-refractivity contribution in [2.75, 3.05) is 79.3 Å². The SMILES string of the molecule is C.C.CN1CCN(C(=O)Oc2cc3c(c4ccccc24)C(CCl)CN3C(=O)c2cc3cc(CC(=O)c4ccc(N)cc4)ccc3[nH]2)CC1.Nc1ccc(C(=O)Cc2ccc3[nH]c(C(=O)N4CC(CCl)c5c4cc(O)c4ccccc54)cc3c2)cc1. The van der Waals surface area contributed by atoms with Crippen molar-refractivity contribution < 1.29 is 33.8 Å². The second-order valence-electron chi connectivity index (χ2n) is 21.6. The summed E-state index contributed by atoms with van der Waals surface area (Å²) in [7, 11) is 2.03. The van der Waals surface area contributed by atoms with E-state index in [0.717, 1.165) is 78.7 Å². The molecule has 85 heavy (non-hydrogen) atoms. The molecule has 2 aromatic heterocycles. The number of alkyl halides is 2. The van der Waals surface area contributed by atoms with E-state index < -0.39 is 6.09 Å². The number of anilines is 4. The van der Waals surface area contributed by atoms with Crippen LogP contribution in [0.2, 0.25) is 0 Å². The molecule has 0 radical (unpaired) electrons. The number of halogens is 2. The van der Waals surface area contributed by atoms with Gasteiger partial charge in [0.05, 0.1) is 11.4 Å². The van der Waals surface area contributed by atoms with Gasteiger partial charge in [-0.15, -0.1) is 23.2 Å². The Morgan fingerprint density at radius 1 is 0.553 bits per heavy atom. The van der Waals surface area contributed by atoms with Crippen LogP contribution in [0.3, 0.4) is 0 Å². The van der Waals surface area contributed by atoms with Gasteiger partial charge >= 0.3 is 6.09 Å². The molecule has 13 rings (SSSR count). The smallest absolute Gasteiger partial charge is 0.415 e. The fourth-order valence-electron chi connectivity index (χ4n) is 11.7. The van der Waals surface area contributed by atoms with E-state index in [1.54, 1.807) is 75.4 Å². The summed E-state index contributed by atoms with van der Waals surface area (Å²) in [5.41, 5.74) is 21.4. The van der Waals surface area contributed by atoms with Crippen LogP contribution in [0.1, 0.15) is 90.6 Å². The van der Waals surface area contributed by atoms with Crippen LogP contribution in [0.25, 0.3) is 43.4 Å². The molecule has 434 valence electrons. The van der Waals surface area contributed by atoms with E-state index >= 15 is 0 Å². The number of H-pyrrole nitrogens is 2. The normalized spacial score (nSPS) is 15.4. The zero-order valence-corrected chi connectivity index (χ0v) is 46.8. The second kappa shape index (κ2) is 24.6. The number of carbonyl (C=O) groups is 5. The Hall–Kier alpha value is -9.15. The maximum absolute atomic E-state index is 14.1. The topological polar surface area (TPSA) is 211 Å². The van der Waals surface area contributed by atoms with Crippen LogP contribution in [-0.4, -0.2) is 112 Å². The number of aromatic hydroxyl groups is 1. The van der Waals surface area contributed by atoms with E-state index in [4.69, 9.17) is 39.4 Å². The molecule has 2 unspecified atom stereocenters. The number of phenolic OH excluding ortho intramolecular Hbond substituents is 1. The molecule has 15 nitrogen and oxygen atoms in total. The number of Topliss-reactive ketones (excluding diaryl/α,β-unsaturated/α-hetero) is 2. The zero-order valence-electron chi connectivity index (χ0n) is 45.3. The number of ether oxygens (including phenoxy) is 1. The molecule has 3 amide bonds. The second-order valence-corrected chi connectivity index (χ2v) is 22.2. The van der Waals surface area contributed by atoms with Gasteiger partial charge in [-0.1, -0.05) is 75.5 Å². The summed E-state index contributed by atoms with van der Waals surface area (Å²) >= 11 is 12.8. The summed E-state index contributed by atoms with van der Waals surface area (Å²) < 4.78 is 6.02. The number of nitrogens with zero attached hydrogens (tertiary/aromatic N) is 4. The average Bonchev–Trinajstić information content (AvgIpc) is 1.82. The molecule has 8 aromatic carbocycles. The standard InChI is InChI=1S/C36H34ClN5O4.C30H24ClN3O3.2CH4/c1-40-12-14-41(15-13-40)36(45)46-33-19-31-34(28-5-3-2-4-27(28)33)25(20-37)21-42(31)35(44)30-18-24-16-22(6-11-29(24)39-30)17-32(43)23-7-9-26(38)10-8-23;31-15-20-16-34(26-14-28(36)22-3-1-2-4-23(22)29(20)26)30(37)25-13-19-11-17(5-10-24(19)33-25)12-27(35)18-6-8-21(32)9-7-18;;/h2-11,16,18-19,25,39H,12-15,17,20-21,38H2,1H3;1-11,13-14,20,33,36H,12,15-16,32H2;2*1H4. The lowest BCUT2D eigenvalue weighted by molar-refractivity contribution is 0.0977. The van der Waals surface area contributed by atoms with E-state index in [0.29, 0.717) is 89.0 Å². The van der Waals surface area contributed by atoms with Crippen molar-refractivity contribution in [3.05, 3.63) is 202 Å². The number of rotatable bonds is 11. The van der Waals surface area contributed by atoms with Gasteiger partial charge < -0.3 is 50.9 Å². The Bertz CT molecular complexity index is 4210. The first-order chi connectivity index (χ1) is 40.2. The number of ketones is 2. The van der Waals surface area contributed by atoms with Crippen molar-refractivity contribution in [2.24, 2.45) is 0 Å². The lowest BCUT2D eigenvalue weighted by atomic mass is 9.95. The Kier molecular flexibility index (Phi) is 17.1. The quantitative estimate of drug-likeness (QED) is 0.0470. The number of nitrogens with one attached hydrogen (secondary N) is 2. The molecular formula is C68H66Cl2N8O7. The predicted molar refractivity (Wildman–Crippen MR) is 343 cm³/mol. The van der Waals surface area contributed by atoms with Crippen LogP contribution >= 0.6 is 23.2 Å². The molecule has 0 aliphatic carbocycles. The van der Waals surface area contributed by atoms with E-state index in [9.17, 15) is 29.1 Å². The Balaban J connectivity index is 0.000000189. The number of hydrogen-bond donors (Lipinski definition) is 5. The number of aromatic amines is 2. The summed E-state index contributed by atoms with van der Waals surface area (Å²) in [6.45, 7) is 3.58. The molecule has 7 N–H and O–H groups in total. The zero-order chi connectivity index (χ0) is 57.6. The molecule has 0 saturated carbocycles. The number of carbonyl (C=O) groups excluding carboxylic acids is 5. The van der Waals surface area contributed by atoms with Crippen LogP contribution in [0.5, 0.6) is 11.5 Å². The van der Waals surface area contributed by atoms with Gasteiger partial charge in [0, 0.05) is 143 Å². The highest BCUT2D eigenvalue weighted by atomic mass is 35.5. The van der Waals surface area contributed by atoms with Gasteiger partial charge in [0.2, 0.25) is 0 Å². The number of nitrogens with two attached hydrogens (primary N) is 2. The van der Waals surface area contributed by atoms with Crippen LogP contribution in [0.4, 0.5) is 27.5 Å². The molecule has 3 aliphatic rings. The first-order valence-electron chi connectivity index (χ1n) is 27.4. The first-order valence-corrected chi connectivity index (χ1v) is 28.5. The van der Waals surface area contributed by atoms with Gasteiger partial charge in [0.1, 0.15) is 22.9 Å². The Morgan fingerprint density at radius 3 is 1.46 bits per heavy atom. The molecule has 1 saturated heterocycles. The van der Waals surface area contributed by atoms with Crippen molar-refractivity contribution in [3.63, 3.8) is 0 Å². The van der Waals surface area contributed by atoms with Crippen molar-refractivity contribution in [1.29, 1.82) is 0 Å². The van der Waals surface area contributed by atoms with Crippen LogP contribution < -0.4 is 26.0 Å². The van der Waals surface area contributed by atoms with Crippen molar-refractivity contribution >= 4 is 119 Å². The molecule has 2 atom stereocenters. The summed E-state index contributed by atoms with van der Waals surface area (Å²) in [6.07, 6.45) is 0.0788. The number of hydrogen-bond acceptors (Lipinski definition) is 10. The van der Waals surface area contributed by atoms with E-state index in [1.165, 1.54) is 0 Å². The lowest BCUT2D eigenvalue weighted by Gasteiger charge is -2.31. The summed E-state index contributed by atoms with van der Waals surface area (Å²) in [6, 6.07) is 47.7. The number of likely N-dealkylation sites (N-methyl/N-ethyl adjacent to an activating group) is 1. The third-order valence-electron chi connectivity index (χ3n) is 16.1. The molecule has 0 bridgehead atoms. The molecule has 0 spiro atoms. The van der Waals surface area contributed by atoms with Gasteiger partial charge in [0.15, 0.2) is 11.6 Å². The summed E-state index contributed by atoms with van der Waals surface area (Å²) in [5, 5.41) is 15.7. The number of fused-ring (bicyclic) bond motifs is 8. The number of phenols is 1. The molecule has 17 heteroatoms. The predicted octanol–water partition coefficient (Wildman–Crippen LogP) is 13.3. The lowest BCUT2D eigenvalue weighted by Crippen LogP contribution is -2.48. The molecule has 10 aromatic rings. The third-order valence-corrected chi connectivity index (χ3v) is 16.9. The minimum Gasteiger partial charge on any atom is -0.507 e. The number of aromatic nitrogens is 2. The van der Waals surface area contributed by atoms with E-state index in [1.807, 2.05) is 104 Å². The van der Waals surface area contributed by atoms with E-state index in [2.05, 4.69) is 14.9 Å². The fourth-order valence-corrected chi connectivity index (χ4v) is 12.2. The van der Waals surface area contributed by atoms with Gasteiger partial charge in [0.25, 0.3) is 11.8 Å². The minimum absolute atomic E-state index is 0. The Labute approximate surface area is 502 Å². The highest BCUT2D eigenvalue weighted by molar-refractivity contribution is 6.20. The van der Waals surface area contributed by atoms with Crippen molar-refractivity contribution in [2.45, 2.75) is 39.5 Å². The first kappa shape index (κ1) is 59.0. The van der Waals surface area contributed by atoms with Crippen LogP contribution in [0.15, 0.2) is 158 Å². The van der Waals surface area contributed by atoms with Crippen molar-refractivity contribution in [3.8, 4) is 11.5 Å². The average molecular weight is 1180 g/mol. The van der Waals surface area contributed by atoms with E-state index in [-0.39, 0.29) is 68.7 Å². The van der Waals surface area contributed by atoms with Crippen LogP contribution in [-0.2, 0) is 12.8 Å². The number of amides is 3. The molecule has 1 fully saturated rings. The highest BCUT2D eigenvalue weighted by Crippen LogP contribution is 2.48. The van der Waals surface area contributed by atoms with Gasteiger partial charge in [-0.25, -0.2) is 4.79 Å². The van der Waals surface area contributed by atoms with Gasteiger partial charge in [-0.2, -0.15) is 0 Å². The molecular weight excluding hydrogens is 1110 g/mol. The van der Waals surface area contributed by atoms with Crippen LogP contribution in [0, 0.1) is 0 Å². The molecule has 3 aliphatic heterocycles. The van der Waals surface area contributed by atoms with Gasteiger partial charge in [-0.05, 0) is 125 Å². The summed E-state index contributed by atoms with van der Waals surface area (Å²) in [5.74, 6) is 0.693. The monoisotopic (exact) mass is 1180 g/mol. The number of benzene rings is 8. The summed E-state index contributed by atoms with van der Waals surface area (Å²) in [4.78, 5) is 80.4. The largest absolute Gasteiger partial charge is 0.507 e. The number of nitrogen functional groups attached to an aromatic ring is 2. The number of piperazine rings is 1. The fraction of sp³-hybridized carbons (Fsp3) is 0.221. The van der Waals surface area contributed by atoms with Gasteiger partial charge in [-0.3, -0.25) is 19.2 Å². The molecule has 5 heterocycles. The van der Waals surface area contributed by atoms with Crippen molar-refractivity contribution in [1.82, 2.24) is 19.8 Å². The minimum atomic E-state index is -0.399. The maximum Gasteiger partial charge on any atom is 0.415 e.